The van der Waals surface area contributed by atoms with E-state index in [9.17, 15) is 59.4 Å². The van der Waals surface area contributed by atoms with E-state index in [0.29, 0.717) is 0 Å². The van der Waals surface area contributed by atoms with Gasteiger partial charge < -0.3 is 75.8 Å². The van der Waals surface area contributed by atoms with Crippen molar-refractivity contribution in [1.82, 2.24) is 0 Å². The fourth-order valence-corrected chi connectivity index (χ4v) is 0.612. The van der Waals surface area contributed by atoms with E-state index in [1.807, 2.05) is 0 Å². The van der Waals surface area contributed by atoms with Crippen molar-refractivity contribution in [2.45, 2.75) is 38.5 Å². The average Bonchev–Trinajstić information content (AvgIpc) is 2.42. The summed E-state index contributed by atoms with van der Waals surface area (Å²) in [6, 6.07) is 0. The molecule has 0 aromatic rings. The van der Waals surface area contributed by atoms with Crippen LogP contribution in [0, 0.1) is 0 Å². The third kappa shape index (κ3) is 89.3. The van der Waals surface area contributed by atoms with Gasteiger partial charge in [-0.15, -0.1) is 0 Å². The SMILES string of the molecule is O.O.O.O=C([O-])CCC(=O)[O-].O=C([O-])CCC(=O)[O-].O=C([O-])CCC(=O)[O-].[Al+3].[Al+3]. The third-order valence-electron chi connectivity index (χ3n) is 1.60. The molecule has 0 atom stereocenters. The summed E-state index contributed by atoms with van der Waals surface area (Å²) in [5.74, 6) is -8.20. The van der Waals surface area contributed by atoms with Crippen molar-refractivity contribution < 1.29 is 75.8 Å². The minimum absolute atomic E-state index is 0. The maximum atomic E-state index is 9.50. The van der Waals surface area contributed by atoms with E-state index in [-0.39, 0.29) is 51.2 Å². The van der Waals surface area contributed by atoms with Crippen LogP contribution in [0.4, 0.5) is 0 Å². The fraction of sp³-hybridized carbons (Fsp3) is 0.500. The molecule has 0 amide bonds. The summed E-state index contributed by atoms with van der Waals surface area (Å²) in [4.78, 5) is 57.0. The fourth-order valence-electron chi connectivity index (χ4n) is 0.612. The molecule has 6 N–H and O–H groups in total. The van der Waals surface area contributed by atoms with Gasteiger partial charge in [-0.1, -0.05) is 0 Å². The predicted octanol–water partition coefficient (Wildman–Crippen LogP) is -11.4. The number of carbonyl (C=O) groups excluding carboxylic acids is 6. The van der Waals surface area contributed by atoms with E-state index >= 15 is 0 Å². The number of aliphatic carboxylic acids is 6. The molecule has 29 heavy (non-hydrogen) atoms. The van der Waals surface area contributed by atoms with Gasteiger partial charge in [-0.3, -0.25) is 0 Å². The molecule has 0 heterocycles. The monoisotopic (exact) mass is 456 g/mol. The maximum absolute atomic E-state index is 9.50. The smallest absolute Gasteiger partial charge is 0.550 e. The molecule has 0 bridgehead atoms. The Morgan fingerprint density at radius 1 is 0.345 bits per heavy atom. The van der Waals surface area contributed by atoms with Crippen LogP contribution >= 0.6 is 0 Å². The van der Waals surface area contributed by atoms with Crippen molar-refractivity contribution in [2.75, 3.05) is 0 Å². The zero-order valence-corrected chi connectivity index (χ0v) is 17.1. The van der Waals surface area contributed by atoms with E-state index in [1.54, 1.807) is 0 Å². The summed E-state index contributed by atoms with van der Waals surface area (Å²) >= 11 is 0. The normalized spacial score (nSPS) is 7.03. The number of carboxylic acids is 6. The summed E-state index contributed by atoms with van der Waals surface area (Å²) in [5.41, 5.74) is 0. The van der Waals surface area contributed by atoms with Crippen LogP contribution in [-0.4, -0.2) is 87.0 Å². The molecule has 0 fully saturated rings. The first-order chi connectivity index (χ1) is 10.9. The number of hydrogen-bond acceptors (Lipinski definition) is 12. The van der Waals surface area contributed by atoms with Gasteiger partial charge in [-0.2, -0.15) is 0 Å². The van der Waals surface area contributed by atoms with Crippen molar-refractivity contribution in [2.24, 2.45) is 0 Å². The summed E-state index contributed by atoms with van der Waals surface area (Å²) in [5, 5.41) is 57.0. The Hall–Kier alpha value is -2.24. The minimum Gasteiger partial charge on any atom is -0.550 e. The Morgan fingerprint density at radius 3 is 0.448 bits per heavy atom. The maximum Gasteiger partial charge on any atom is 3.00 e. The first-order valence-corrected chi connectivity index (χ1v) is 6.07. The van der Waals surface area contributed by atoms with Crippen molar-refractivity contribution in [3.63, 3.8) is 0 Å². The van der Waals surface area contributed by atoms with Crippen LogP contribution in [0.3, 0.4) is 0 Å². The molecule has 0 spiro atoms. The third-order valence-corrected chi connectivity index (χ3v) is 1.60. The van der Waals surface area contributed by atoms with Crippen molar-refractivity contribution >= 4 is 70.5 Å². The van der Waals surface area contributed by atoms with Gasteiger partial charge in [0.1, 0.15) is 0 Å². The Morgan fingerprint density at radius 2 is 0.414 bits per heavy atom. The molecule has 162 valence electrons. The molecule has 17 heteroatoms. The summed E-state index contributed by atoms with van der Waals surface area (Å²) in [7, 11) is 0. The standard InChI is InChI=1S/3C4H6O4.2Al.3H2O/c3*5-3(6)1-2-4(7)8;;;;;/h3*1-2H2,(H,5,6)(H,7,8);;;3*1H2/q;;;2*+3;;;/p-6. The Balaban J connectivity index is -0.0000000350. The van der Waals surface area contributed by atoms with Gasteiger partial charge in [0.25, 0.3) is 0 Å². The van der Waals surface area contributed by atoms with Crippen molar-refractivity contribution in [3.05, 3.63) is 0 Å². The summed E-state index contributed by atoms with van der Waals surface area (Å²) in [6.07, 6.45) is -2.82. The molecule has 0 saturated heterocycles. The van der Waals surface area contributed by atoms with Gasteiger partial charge in [0.2, 0.25) is 0 Å². The second kappa shape index (κ2) is 33.4. The van der Waals surface area contributed by atoms with Crippen molar-refractivity contribution in [3.8, 4) is 0 Å². The number of carbonyl (C=O) groups is 6. The first-order valence-electron chi connectivity index (χ1n) is 6.07. The first kappa shape index (κ1) is 50.5. The van der Waals surface area contributed by atoms with Crippen LogP contribution < -0.4 is 30.6 Å². The minimum atomic E-state index is -1.37. The van der Waals surface area contributed by atoms with Crippen LogP contribution in [0.5, 0.6) is 0 Å². The molecule has 0 saturated carbocycles. The second-order valence-corrected chi connectivity index (χ2v) is 3.73. The molecule has 0 aliphatic rings. The molecule has 0 aliphatic carbocycles. The predicted molar refractivity (Wildman–Crippen MR) is 80.1 cm³/mol. The van der Waals surface area contributed by atoms with E-state index in [0.717, 1.165) is 0 Å². The van der Waals surface area contributed by atoms with Crippen LogP contribution in [0.25, 0.3) is 0 Å². The van der Waals surface area contributed by atoms with E-state index in [4.69, 9.17) is 0 Å². The molecule has 0 unspecified atom stereocenters. The quantitative estimate of drug-likeness (QED) is 0.292. The molecular formula is C12H18Al2O15. The summed E-state index contributed by atoms with van der Waals surface area (Å²) < 4.78 is 0. The van der Waals surface area contributed by atoms with Crippen LogP contribution in [0.1, 0.15) is 38.5 Å². The van der Waals surface area contributed by atoms with Crippen molar-refractivity contribution in [1.29, 1.82) is 0 Å². The van der Waals surface area contributed by atoms with Gasteiger partial charge in [-0.05, 0) is 38.5 Å². The van der Waals surface area contributed by atoms with Crippen LogP contribution in [-0.2, 0) is 28.8 Å². The van der Waals surface area contributed by atoms with Gasteiger partial charge >= 0.3 is 34.7 Å². The average molecular weight is 456 g/mol. The molecule has 0 aromatic carbocycles. The molecular weight excluding hydrogens is 438 g/mol. The summed E-state index contributed by atoms with van der Waals surface area (Å²) in [6.45, 7) is 0. The van der Waals surface area contributed by atoms with E-state index in [1.165, 1.54) is 0 Å². The largest absolute Gasteiger partial charge is 3.00 e. The van der Waals surface area contributed by atoms with E-state index < -0.39 is 74.3 Å². The van der Waals surface area contributed by atoms with Gasteiger partial charge in [0, 0.05) is 35.8 Å². The number of hydrogen-bond donors (Lipinski definition) is 0. The Bertz CT molecular complexity index is 358. The molecule has 0 rings (SSSR count). The Labute approximate surface area is 185 Å². The van der Waals surface area contributed by atoms with Gasteiger partial charge in [0.05, 0.1) is 0 Å². The van der Waals surface area contributed by atoms with E-state index in [2.05, 4.69) is 0 Å². The molecule has 0 aromatic heterocycles. The van der Waals surface area contributed by atoms with Gasteiger partial charge in [0.15, 0.2) is 0 Å². The number of carboxylic acid groups (broad SMARTS) is 6. The molecule has 0 aliphatic heterocycles. The van der Waals surface area contributed by atoms with Crippen LogP contribution in [0.15, 0.2) is 0 Å². The number of rotatable bonds is 9. The topological polar surface area (TPSA) is 335 Å². The zero-order chi connectivity index (χ0) is 19.7. The van der Waals surface area contributed by atoms with Crippen LogP contribution in [0.2, 0.25) is 0 Å². The molecule has 15 nitrogen and oxygen atoms in total. The zero-order valence-electron chi connectivity index (χ0n) is 14.8. The molecule has 0 radical (unpaired) electrons. The van der Waals surface area contributed by atoms with Gasteiger partial charge in [-0.25, -0.2) is 0 Å². The second-order valence-electron chi connectivity index (χ2n) is 3.73. The Kier molecular flexibility index (Phi) is 58.0.